The number of nitrogens with one attached hydrogen (secondary N) is 1. The van der Waals surface area contributed by atoms with Gasteiger partial charge in [0, 0.05) is 8.59 Å². The molecule has 2 aromatic carbocycles. The molecule has 2 nitrogen and oxygen atoms in total. The van der Waals surface area contributed by atoms with Crippen molar-refractivity contribution in [1.29, 1.82) is 0 Å². The normalized spacial score (nSPS) is 12.5. The number of hydrogen-bond acceptors (Lipinski definition) is 2. The topological polar surface area (TPSA) is 38.0 Å². The highest BCUT2D eigenvalue weighted by molar-refractivity contribution is 14.1. The van der Waals surface area contributed by atoms with E-state index in [-0.39, 0.29) is 11.9 Å². The van der Waals surface area contributed by atoms with Gasteiger partial charge >= 0.3 is 0 Å². The smallest absolute Gasteiger partial charge is 0.123 e. The van der Waals surface area contributed by atoms with Crippen molar-refractivity contribution in [3.63, 3.8) is 0 Å². The molecule has 5 heteroatoms. The number of benzene rings is 2. The van der Waals surface area contributed by atoms with Crippen LogP contribution in [0.25, 0.3) is 0 Å². The van der Waals surface area contributed by atoms with Crippen LogP contribution in [0.2, 0.25) is 5.02 Å². The lowest BCUT2D eigenvalue weighted by molar-refractivity contribution is 0.611. The maximum absolute atomic E-state index is 13.2. The summed E-state index contributed by atoms with van der Waals surface area (Å²) in [6, 6.07) is 10.1. The summed E-state index contributed by atoms with van der Waals surface area (Å²) in [7, 11) is 0. The predicted octanol–water partition coefficient (Wildman–Crippen LogP) is 3.94. The summed E-state index contributed by atoms with van der Waals surface area (Å²) in [5, 5.41) is 0.649. The molecule has 1 atom stereocenters. The van der Waals surface area contributed by atoms with E-state index in [4.69, 9.17) is 17.4 Å². The Hall–Kier alpha value is -0.690. The maximum Gasteiger partial charge on any atom is 0.123 e. The standard InChI is InChI=1S/C14H13ClFIN2/c1-8-6-10(16)3-4-11(8)14(19-18)12-7-9(15)2-5-13(12)17/h2-7,14,19H,18H2,1H3. The zero-order chi connectivity index (χ0) is 14.0. The average molecular weight is 391 g/mol. The highest BCUT2D eigenvalue weighted by Crippen LogP contribution is 2.30. The minimum atomic E-state index is -0.252. The highest BCUT2D eigenvalue weighted by atomic mass is 127. The first-order chi connectivity index (χ1) is 9.02. The van der Waals surface area contributed by atoms with Crippen molar-refractivity contribution in [2.75, 3.05) is 0 Å². The number of hydrogen-bond donors (Lipinski definition) is 2. The van der Waals surface area contributed by atoms with Gasteiger partial charge in [0.15, 0.2) is 0 Å². The number of hydrazine groups is 1. The third-order valence-electron chi connectivity index (χ3n) is 2.98. The minimum absolute atomic E-state index is 0.216. The molecule has 0 amide bonds. The van der Waals surface area contributed by atoms with E-state index >= 15 is 0 Å². The Morgan fingerprint density at radius 2 is 1.95 bits per heavy atom. The molecule has 100 valence electrons. The Labute approximate surface area is 130 Å². The van der Waals surface area contributed by atoms with Gasteiger partial charge in [-0.3, -0.25) is 5.84 Å². The van der Waals surface area contributed by atoms with Crippen molar-refractivity contribution in [1.82, 2.24) is 5.43 Å². The minimum Gasteiger partial charge on any atom is -0.271 e. The quantitative estimate of drug-likeness (QED) is 0.473. The fraction of sp³-hybridized carbons (Fsp3) is 0.143. The first-order valence-electron chi connectivity index (χ1n) is 5.70. The van der Waals surface area contributed by atoms with Crippen molar-refractivity contribution in [2.24, 2.45) is 5.84 Å². The predicted molar refractivity (Wildman–Crippen MR) is 84.5 cm³/mol. The van der Waals surface area contributed by atoms with Crippen LogP contribution in [0.3, 0.4) is 0 Å². The third-order valence-corrected chi connectivity index (χ3v) is 4.20. The molecule has 0 saturated heterocycles. The van der Waals surface area contributed by atoms with Crippen LogP contribution in [0.4, 0.5) is 4.39 Å². The fourth-order valence-corrected chi connectivity index (χ4v) is 2.87. The summed E-state index contributed by atoms with van der Waals surface area (Å²) >= 11 is 8.27. The monoisotopic (exact) mass is 390 g/mol. The molecule has 0 aliphatic carbocycles. The maximum atomic E-state index is 13.2. The van der Waals surface area contributed by atoms with E-state index in [0.29, 0.717) is 5.02 Å². The molecule has 2 rings (SSSR count). The number of rotatable bonds is 3. The molecule has 0 aliphatic heterocycles. The first kappa shape index (κ1) is 14.7. The average Bonchev–Trinajstić information content (AvgIpc) is 2.36. The molecule has 0 saturated carbocycles. The highest BCUT2D eigenvalue weighted by Gasteiger charge is 2.18. The van der Waals surface area contributed by atoms with Crippen LogP contribution in [-0.4, -0.2) is 0 Å². The SMILES string of the molecule is Cc1cc(F)ccc1C(NN)c1cc(Cl)ccc1I. The molecule has 0 aromatic heterocycles. The van der Waals surface area contributed by atoms with E-state index in [9.17, 15) is 4.39 Å². The zero-order valence-electron chi connectivity index (χ0n) is 10.3. The van der Waals surface area contributed by atoms with Gasteiger partial charge < -0.3 is 0 Å². The van der Waals surface area contributed by atoms with Crippen LogP contribution < -0.4 is 11.3 Å². The van der Waals surface area contributed by atoms with Crippen LogP contribution in [0.5, 0.6) is 0 Å². The van der Waals surface area contributed by atoms with E-state index in [1.165, 1.54) is 12.1 Å². The Bertz CT molecular complexity index is 604. The van der Waals surface area contributed by atoms with Crippen molar-refractivity contribution < 1.29 is 4.39 Å². The van der Waals surface area contributed by atoms with Crippen LogP contribution in [0.1, 0.15) is 22.7 Å². The summed E-state index contributed by atoms with van der Waals surface area (Å²) in [5.41, 5.74) is 5.53. The molecule has 0 radical (unpaired) electrons. The Balaban J connectivity index is 2.52. The third kappa shape index (κ3) is 3.25. The number of halogens is 3. The van der Waals surface area contributed by atoms with Gasteiger partial charge in [-0.2, -0.15) is 0 Å². The molecule has 0 spiro atoms. The largest absolute Gasteiger partial charge is 0.271 e. The van der Waals surface area contributed by atoms with Crippen LogP contribution in [0, 0.1) is 16.3 Å². The molecule has 1 unspecified atom stereocenters. The van der Waals surface area contributed by atoms with Gasteiger partial charge in [-0.15, -0.1) is 0 Å². The second kappa shape index (κ2) is 6.17. The van der Waals surface area contributed by atoms with Gasteiger partial charge in [0.05, 0.1) is 6.04 Å². The van der Waals surface area contributed by atoms with Crippen molar-refractivity contribution in [2.45, 2.75) is 13.0 Å². The lowest BCUT2D eigenvalue weighted by Gasteiger charge is -2.20. The second-order valence-corrected chi connectivity index (χ2v) is 5.87. The van der Waals surface area contributed by atoms with Gasteiger partial charge in [-0.25, -0.2) is 9.82 Å². The molecule has 0 fully saturated rings. The van der Waals surface area contributed by atoms with Crippen molar-refractivity contribution >= 4 is 34.2 Å². The molecule has 2 aromatic rings. The summed E-state index contributed by atoms with van der Waals surface area (Å²) in [6.07, 6.45) is 0. The zero-order valence-corrected chi connectivity index (χ0v) is 13.2. The van der Waals surface area contributed by atoms with Gasteiger partial charge in [-0.05, 0) is 76.5 Å². The van der Waals surface area contributed by atoms with Crippen molar-refractivity contribution in [3.8, 4) is 0 Å². The number of aryl methyl sites for hydroxylation is 1. The molecule has 0 bridgehead atoms. The van der Waals surface area contributed by atoms with E-state index in [1.807, 2.05) is 25.1 Å². The number of nitrogens with two attached hydrogens (primary N) is 1. The van der Waals surface area contributed by atoms with Gasteiger partial charge in [0.1, 0.15) is 5.82 Å². The van der Waals surface area contributed by atoms with Gasteiger partial charge in [0.2, 0.25) is 0 Å². The lowest BCUT2D eigenvalue weighted by atomic mass is 9.95. The Morgan fingerprint density at radius 1 is 1.21 bits per heavy atom. The fourth-order valence-electron chi connectivity index (χ4n) is 2.05. The van der Waals surface area contributed by atoms with Gasteiger partial charge in [0.25, 0.3) is 0 Å². The van der Waals surface area contributed by atoms with Crippen molar-refractivity contribution in [3.05, 3.63) is 67.5 Å². The molecule has 19 heavy (non-hydrogen) atoms. The Morgan fingerprint density at radius 3 is 2.58 bits per heavy atom. The van der Waals surface area contributed by atoms with E-state index in [0.717, 1.165) is 20.3 Å². The van der Waals surface area contributed by atoms with Crippen LogP contribution in [0.15, 0.2) is 36.4 Å². The molecule has 0 aliphatic rings. The summed E-state index contributed by atoms with van der Waals surface area (Å²) in [4.78, 5) is 0. The van der Waals surface area contributed by atoms with Crippen LogP contribution in [-0.2, 0) is 0 Å². The molecule has 0 heterocycles. The second-order valence-electron chi connectivity index (χ2n) is 4.27. The molecular formula is C14H13ClFIN2. The Kier molecular flexibility index (Phi) is 4.78. The van der Waals surface area contributed by atoms with Gasteiger partial charge in [-0.1, -0.05) is 17.7 Å². The van der Waals surface area contributed by atoms with E-state index in [2.05, 4.69) is 28.0 Å². The van der Waals surface area contributed by atoms with E-state index < -0.39 is 0 Å². The molecule has 3 N–H and O–H groups in total. The first-order valence-corrected chi connectivity index (χ1v) is 7.15. The molecular weight excluding hydrogens is 378 g/mol. The van der Waals surface area contributed by atoms with Crippen LogP contribution >= 0.6 is 34.2 Å². The lowest BCUT2D eigenvalue weighted by Crippen LogP contribution is -2.30. The summed E-state index contributed by atoms with van der Waals surface area (Å²) in [6.45, 7) is 1.86. The summed E-state index contributed by atoms with van der Waals surface area (Å²) in [5.74, 6) is 5.42. The summed E-state index contributed by atoms with van der Waals surface area (Å²) < 4.78 is 14.2. The van der Waals surface area contributed by atoms with E-state index in [1.54, 1.807) is 6.07 Å².